The maximum Gasteiger partial charge on any atom is 0.227 e. The molecule has 3 rings (SSSR count). The minimum atomic E-state index is 0.117. The van der Waals surface area contributed by atoms with E-state index in [2.05, 4.69) is 23.4 Å². The Morgan fingerprint density at radius 2 is 2.14 bits per heavy atom. The molecule has 4 heteroatoms. The summed E-state index contributed by atoms with van der Waals surface area (Å²) in [7, 11) is 1.90. The van der Waals surface area contributed by atoms with Crippen LogP contribution in [0.2, 0.25) is 0 Å². The van der Waals surface area contributed by atoms with Gasteiger partial charge in [-0.15, -0.1) is 0 Å². The smallest absolute Gasteiger partial charge is 0.227 e. The lowest BCUT2D eigenvalue weighted by molar-refractivity contribution is -0.131. The molecule has 0 spiro atoms. The molecule has 0 N–H and O–H groups in total. The van der Waals surface area contributed by atoms with Crippen molar-refractivity contribution in [3.05, 3.63) is 52.4 Å². The average Bonchev–Trinajstić information content (AvgIpc) is 3.05. The predicted molar refractivity (Wildman–Crippen MR) is 80.0 cm³/mol. The van der Waals surface area contributed by atoms with E-state index in [1.165, 1.54) is 11.1 Å². The molecule has 1 aromatic heterocycles. The molecule has 4 nitrogen and oxygen atoms in total. The Labute approximate surface area is 124 Å². The van der Waals surface area contributed by atoms with Gasteiger partial charge in [-0.2, -0.15) is 0 Å². The summed E-state index contributed by atoms with van der Waals surface area (Å²) in [5.74, 6) is 0.854. The van der Waals surface area contributed by atoms with Crippen molar-refractivity contribution in [3.63, 3.8) is 0 Å². The number of carbonyl (C=O) groups is 1. The third-order valence-electron chi connectivity index (χ3n) is 4.47. The zero-order valence-electron chi connectivity index (χ0n) is 12.7. The van der Waals surface area contributed by atoms with Gasteiger partial charge in [0.05, 0.1) is 18.2 Å². The number of carbonyl (C=O) groups excluding carboxylic acids is 1. The van der Waals surface area contributed by atoms with Crippen molar-refractivity contribution in [2.24, 2.45) is 0 Å². The molecule has 1 aliphatic carbocycles. The summed E-state index contributed by atoms with van der Waals surface area (Å²) in [5, 5.41) is 3.92. The molecule has 1 heterocycles. The molecule has 0 saturated heterocycles. The number of likely N-dealkylation sites (N-methyl/N-ethyl adjacent to an activating group) is 1. The third kappa shape index (κ3) is 2.46. The SMILES string of the molecule is Cc1noc(C)c1CC(=O)N(C)C1CCc2ccccc21. The van der Waals surface area contributed by atoms with Crippen molar-refractivity contribution in [1.82, 2.24) is 10.1 Å². The molecule has 1 atom stereocenters. The average molecular weight is 284 g/mol. The van der Waals surface area contributed by atoms with E-state index in [1.807, 2.05) is 31.9 Å². The lowest BCUT2D eigenvalue weighted by Crippen LogP contribution is -2.31. The molecule has 0 saturated carbocycles. The Morgan fingerprint density at radius 3 is 2.86 bits per heavy atom. The van der Waals surface area contributed by atoms with Gasteiger partial charge in [-0.1, -0.05) is 29.4 Å². The molecular formula is C17H20N2O2. The quantitative estimate of drug-likeness (QED) is 0.870. The second-order valence-electron chi connectivity index (χ2n) is 5.74. The highest BCUT2D eigenvalue weighted by Gasteiger charge is 2.29. The number of rotatable bonds is 3. The van der Waals surface area contributed by atoms with Crippen LogP contribution in [0.5, 0.6) is 0 Å². The van der Waals surface area contributed by atoms with Crippen LogP contribution < -0.4 is 0 Å². The largest absolute Gasteiger partial charge is 0.361 e. The van der Waals surface area contributed by atoms with Gasteiger partial charge in [0.1, 0.15) is 5.76 Å². The first-order valence-electron chi connectivity index (χ1n) is 7.33. The maximum absolute atomic E-state index is 12.6. The highest BCUT2D eigenvalue weighted by molar-refractivity contribution is 5.79. The van der Waals surface area contributed by atoms with Crippen LogP contribution in [0.4, 0.5) is 0 Å². The Hall–Kier alpha value is -2.10. The summed E-state index contributed by atoms with van der Waals surface area (Å²) in [4.78, 5) is 14.4. The van der Waals surface area contributed by atoms with Gasteiger partial charge >= 0.3 is 0 Å². The molecule has 0 aliphatic heterocycles. The fraction of sp³-hybridized carbons (Fsp3) is 0.412. The number of nitrogens with zero attached hydrogens (tertiary/aromatic N) is 2. The van der Waals surface area contributed by atoms with Gasteiger partial charge in [0.15, 0.2) is 0 Å². The molecule has 0 fully saturated rings. The summed E-state index contributed by atoms with van der Waals surface area (Å²) in [5.41, 5.74) is 4.37. The monoisotopic (exact) mass is 284 g/mol. The van der Waals surface area contributed by atoms with Crippen LogP contribution in [-0.4, -0.2) is 23.0 Å². The molecule has 110 valence electrons. The normalized spacial score (nSPS) is 16.8. The van der Waals surface area contributed by atoms with Crippen molar-refractivity contribution < 1.29 is 9.32 Å². The first-order valence-corrected chi connectivity index (χ1v) is 7.33. The van der Waals surface area contributed by atoms with Gasteiger partial charge in [0.25, 0.3) is 0 Å². The predicted octanol–water partition coefficient (Wildman–Crippen LogP) is 2.98. The first-order chi connectivity index (χ1) is 10.1. The van der Waals surface area contributed by atoms with Crippen molar-refractivity contribution in [2.45, 2.75) is 39.2 Å². The number of hydrogen-bond donors (Lipinski definition) is 0. The van der Waals surface area contributed by atoms with Crippen LogP contribution >= 0.6 is 0 Å². The summed E-state index contributed by atoms with van der Waals surface area (Å²) in [6, 6.07) is 8.58. The number of aryl methyl sites for hydroxylation is 3. The lowest BCUT2D eigenvalue weighted by Gasteiger charge is -2.25. The van der Waals surface area contributed by atoms with Crippen molar-refractivity contribution in [3.8, 4) is 0 Å². The van der Waals surface area contributed by atoms with Crippen molar-refractivity contribution >= 4 is 5.91 Å². The van der Waals surface area contributed by atoms with Gasteiger partial charge in [-0.25, -0.2) is 0 Å². The Morgan fingerprint density at radius 1 is 1.38 bits per heavy atom. The number of hydrogen-bond acceptors (Lipinski definition) is 3. The third-order valence-corrected chi connectivity index (χ3v) is 4.47. The number of aromatic nitrogens is 1. The van der Waals surface area contributed by atoms with E-state index in [9.17, 15) is 4.79 Å². The number of amides is 1. The van der Waals surface area contributed by atoms with Crippen LogP contribution in [0.15, 0.2) is 28.8 Å². The Balaban J connectivity index is 1.77. The van der Waals surface area contributed by atoms with Crippen molar-refractivity contribution in [2.75, 3.05) is 7.05 Å². The molecule has 21 heavy (non-hydrogen) atoms. The fourth-order valence-corrected chi connectivity index (χ4v) is 3.14. The molecule has 1 unspecified atom stereocenters. The van der Waals surface area contributed by atoms with Crippen LogP contribution in [0.3, 0.4) is 0 Å². The summed E-state index contributed by atoms with van der Waals surface area (Å²) in [6.45, 7) is 3.73. The second kappa shape index (κ2) is 5.35. The molecule has 0 radical (unpaired) electrons. The van der Waals surface area contributed by atoms with Crippen LogP contribution in [0.25, 0.3) is 0 Å². The molecular weight excluding hydrogens is 264 g/mol. The zero-order chi connectivity index (χ0) is 15.0. The number of benzene rings is 1. The Bertz CT molecular complexity index is 656. The van der Waals surface area contributed by atoms with E-state index in [-0.39, 0.29) is 11.9 Å². The number of fused-ring (bicyclic) bond motifs is 1. The van der Waals surface area contributed by atoms with Gasteiger partial charge in [-0.05, 0) is 37.8 Å². The van der Waals surface area contributed by atoms with E-state index >= 15 is 0 Å². The Kier molecular flexibility index (Phi) is 3.53. The van der Waals surface area contributed by atoms with E-state index in [4.69, 9.17) is 4.52 Å². The highest BCUT2D eigenvalue weighted by Crippen LogP contribution is 2.35. The summed E-state index contributed by atoms with van der Waals surface area (Å²) >= 11 is 0. The molecule has 1 aromatic carbocycles. The van der Waals surface area contributed by atoms with Gasteiger partial charge in [-0.3, -0.25) is 4.79 Å². The first kappa shape index (κ1) is 13.9. The maximum atomic E-state index is 12.6. The molecule has 1 amide bonds. The zero-order valence-corrected chi connectivity index (χ0v) is 12.7. The minimum Gasteiger partial charge on any atom is -0.361 e. The molecule has 0 bridgehead atoms. The van der Waals surface area contributed by atoms with Gasteiger partial charge in [0, 0.05) is 12.6 Å². The summed E-state index contributed by atoms with van der Waals surface area (Å²) in [6.07, 6.45) is 2.41. The standard InChI is InChI=1S/C17H20N2O2/c1-11-15(12(2)21-18-11)10-17(20)19(3)16-9-8-13-6-4-5-7-14(13)16/h4-7,16H,8-10H2,1-3H3. The molecule has 2 aromatic rings. The topological polar surface area (TPSA) is 46.3 Å². The lowest BCUT2D eigenvalue weighted by atomic mass is 10.1. The minimum absolute atomic E-state index is 0.117. The van der Waals surface area contributed by atoms with Crippen LogP contribution in [-0.2, 0) is 17.6 Å². The van der Waals surface area contributed by atoms with E-state index in [0.717, 1.165) is 29.9 Å². The van der Waals surface area contributed by atoms with Crippen LogP contribution in [0, 0.1) is 13.8 Å². The van der Waals surface area contributed by atoms with E-state index < -0.39 is 0 Å². The van der Waals surface area contributed by atoms with E-state index in [0.29, 0.717) is 6.42 Å². The van der Waals surface area contributed by atoms with E-state index in [1.54, 1.807) is 0 Å². The fourth-order valence-electron chi connectivity index (χ4n) is 3.14. The van der Waals surface area contributed by atoms with Crippen LogP contribution in [0.1, 0.15) is 40.6 Å². The summed E-state index contributed by atoms with van der Waals surface area (Å²) < 4.78 is 5.14. The second-order valence-corrected chi connectivity index (χ2v) is 5.74. The van der Waals surface area contributed by atoms with Gasteiger partial charge < -0.3 is 9.42 Å². The highest BCUT2D eigenvalue weighted by atomic mass is 16.5. The van der Waals surface area contributed by atoms with Gasteiger partial charge in [0.2, 0.25) is 5.91 Å². The van der Waals surface area contributed by atoms with Crippen molar-refractivity contribution in [1.29, 1.82) is 0 Å². The molecule has 1 aliphatic rings.